The molecule has 1 N–H and O–H groups in total. The third kappa shape index (κ3) is 3.25. The number of halogens is 1. The van der Waals surface area contributed by atoms with Gasteiger partial charge in [-0.15, -0.1) is 11.3 Å². The molecule has 1 unspecified atom stereocenters. The molecule has 3 nitrogen and oxygen atoms in total. The van der Waals surface area contributed by atoms with Crippen molar-refractivity contribution in [2.75, 3.05) is 6.54 Å². The second kappa shape index (κ2) is 6.74. The van der Waals surface area contributed by atoms with E-state index in [2.05, 4.69) is 35.7 Å². The van der Waals surface area contributed by atoms with Gasteiger partial charge in [0, 0.05) is 23.5 Å². The monoisotopic (exact) mass is 311 g/mol. The van der Waals surface area contributed by atoms with Gasteiger partial charge in [0.15, 0.2) is 0 Å². The second-order valence-electron chi connectivity index (χ2n) is 5.16. The highest BCUT2D eigenvalue weighted by atomic mass is 35.5. The zero-order valence-corrected chi connectivity index (χ0v) is 14.1. The lowest BCUT2D eigenvalue weighted by Gasteiger charge is -2.18. The van der Waals surface area contributed by atoms with Crippen LogP contribution in [0.15, 0.2) is 11.4 Å². The first-order valence-corrected chi connectivity index (χ1v) is 8.25. The van der Waals surface area contributed by atoms with E-state index in [9.17, 15) is 0 Å². The minimum atomic E-state index is 0.315. The highest BCUT2D eigenvalue weighted by molar-refractivity contribution is 7.10. The first kappa shape index (κ1) is 15.5. The van der Waals surface area contributed by atoms with Crippen LogP contribution in [0.3, 0.4) is 0 Å². The molecule has 0 saturated carbocycles. The highest BCUT2D eigenvalue weighted by Crippen LogP contribution is 2.30. The summed E-state index contributed by atoms with van der Waals surface area (Å²) < 4.78 is 1.75. The SMILES string of the molecule is CCCNC(Cc1c(C)nn(C)c1Cl)c1sccc1C. The van der Waals surface area contributed by atoms with Crippen molar-refractivity contribution in [1.29, 1.82) is 0 Å². The van der Waals surface area contributed by atoms with Crippen molar-refractivity contribution in [3.05, 3.63) is 38.3 Å². The number of nitrogens with one attached hydrogen (secondary N) is 1. The number of hydrogen-bond acceptors (Lipinski definition) is 3. The summed E-state index contributed by atoms with van der Waals surface area (Å²) in [6.45, 7) is 7.40. The molecular formula is C15H22ClN3S. The smallest absolute Gasteiger partial charge is 0.130 e. The Balaban J connectivity index is 2.26. The topological polar surface area (TPSA) is 29.9 Å². The second-order valence-corrected chi connectivity index (χ2v) is 6.46. The number of aromatic nitrogens is 2. The van der Waals surface area contributed by atoms with Crippen molar-refractivity contribution < 1.29 is 0 Å². The zero-order valence-electron chi connectivity index (χ0n) is 12.5. The normalized spacial score (nSPS) is 12.8. The Hall–Kier alpha value is -0.840. The third-order valence-electron chi connectivity index (χ3n) is 3.54. The van der Waals surface area contributed by atoms with Crippen molar-refractivity contribution in [1.82, 2.24) is 15.1 Å². The summed E-state index contributed by atoms with van der Waals surface area (Å²) in [6, 6.07) is 2.49. The lowest BCUT2D eigenvalue weighted by Crippen LogP contribution is -2.24. The summed E-state index contributed by atoms with van der Waals surface area (Å²) in [6.07, 6.45) is 2.01. The Morgan fingerprint density at radius 2 is 2.20 bits per heavy atom. The summed E-state index contributed by atoms with van der Waals surface area (Å²) >= 11 is 8.18. The molecule has 5 heteroatoms. The molecule has 2 rings (SSSR count). The molecule has 0 fully saturated rings. The Labute approximate surface area is 130 Å². The van der Waals surface area contributed by atoms with E-state index in [4.69, 9.17) is 11.6 Å². The third-order valence-corrected chi connectivity index (χ3v) is 5.14. The number of hydrogen-bond donors (Lipinski definition) is 1. The Morgan fingerprint density at radius 1 is 1.45 bits per heavy atom. The summed E-state index contributed by atoms with van der Waals surface area (Å²) in [5.74, 6) is 0. The summed E-state index contributed by atoms with van der Waals surface area (Å²) in [4.78, 5) is 1.40. The highest BCUT2D eigenvalue weighted by Gasteiger charge is 2.20. The number of thiophene rings is 1. The van der Waals surface area contributed by atoms with Gasteiger partial charge >= 0.3 is 0 Å². The van der Waals surface area contributed by atoms with Gasteiger partial charge in [-0.2, -0.15) is 5.10 Å². The van der Waals surface area contributed by atoms with E-state index in [-0.39, 0.29) is 0 Å². The average Bonchev–Trinajstić information content (AvgIpc) is 2.93. The predicted octanol–water partition coefficient (Wildman–Crippen LogP) is 4.04. The molecule has 1 atom stereocenters. The van der Waals surface area contributed by atoms with Crippen LogP contribution in [-0.4, -0.2) is 16.3 Å². The van der Waals surface area contributed by atoms with Crippen LogP contribution >= 0.6 is 22.9 Å². The molecule has 0 aliphatic heterocycles. The molecule has 110 valence electrons. The van der Waals surface area contributed by atoms with E-state index in [0.717, 1.165) is 35.8 Å². The van der Waals surface area contributed by atoms with E-state index in [0.29, 0.717) is 6.04 Å². The summed E-state index contributed by atoms with van der Waals surface area (Å²) in [5, 5.41) is 11.0. The molecule has 0 saturated heterocycles. The van der Waals surface area contributed by atoms with Gasteiger partial charge < -0.3 is 5.32 Å². The minimum Gasteiger partial charge on any atom is -0.309 e. The lowest BCUT2D eigenvalue weighted by molar-refractivity contribution is 0.534. The Morgan fingerprint density at radius 3 is 2.70 bits per heavy atom. The molecule has 0 aromatic carbocycles. The fraction of sp³-hybridized carbons (Fsp3) is 0.533. The number of rotatable bonds is 6. The molecule has 2 heterocycles. The number of aryl methyl sites for hydroxylation is 3. The van der Waals surface area contributed by atoms with Crippen LogP contribution in [0.25, 0.3) is 0 Å². The van der Waals surface area contributed by atoms with Gasteiger partial charge in [0.05, 0.1) is 5.69 Å². The first-order valence-electron chi connectivity index (χ1n) is 7.00. The molecule has 2 aromatic heterocycles. The van der Waals surface area contributed by atoms with E-state index < -0.39 is 0 Å². The molecule has 0 spiro atoms. The molecule has 0 radical (unpaired) electrons. The van der Waals surface area contributed by atoms with Gasteiger partial charge in [-0.1, -0.05) is 18.5 Å². The maximum atomic E-state index is 6.37. The fourth-order valence-corrected chi connectivity index (χ4v) is 3.68. The average molecular weight is 312 g/mol. The minimum absolute atomic E-state index is 0.315. The predicted molar refractivity (Wildman–Crippen MR) is 86.7 cm³/mol. The quantitative estimate of drug-likeness (QED) is 0.872. The van der Waals surface area contributed by atoms with Gasteiger partial charge in [-0.25, -0.2) is 0 Å². The van der Waals surface area contributed by atoms with Gasteiger partial charge in [0.1, 0.15) is 5.15 Å². The van der Waals surface area contributed by atoms with Crippen molar-refractivity contribution in [3.8, 4) is 0 Å². The van der Waals surface area contributed by atoms with Crippen LogP contribution in [0.5, 0.6) is 0 Å². The van der Waals surface area contributed by atoms with E-state index in [1.54, 1.807) is 4.68 Å². The molecular weight excluding hydrogens is 290 g/mol. The largest absolute Gasteiger partial charge is 0.309 e. The van der Waals surface area contributed by atoms with Crippen LogP contribution in [0.1, 0.15) is 41.1 Å². The maximum absolute atomic E-state index is 6.37. The molecule has 0 bridgehead atoms. The van der Waals surface area contributed by atoms with Gasteiger partial charge in [-0.3, -0.25) is 4.68 Å². The Bertz CT molecular complexity index is 574. The van der Waals surface area contributed by atoms with Crippen LogP contribution in [-0.2, 0) is 13.5 Å². The Kier molecular flexibility index (Phi) is 5.24. The zero-order chi connectivity index (χ0) is 14.7. The summed E-state index contributed by atoms with van der Waals surface area (Å²) in [7, 11) is 1.89. The van der Waals surface area contributed by atoms with Crippen LogP contribution in [0.2, 0.25) is 5.15 Å². The van der Waals surface area contributed by atoms with Crippen molar-refractivity contribution in [2.45, 2.75) is 39.7 Å². The standard InChI is InChI=1S/C15H22ClN3S/c1-5-7-17-13(14-10(2)6-8-20-14)9-12-11(3)18-19(4)15(12)16/h6,8,13,17H,5,7,9H2,1-4H3. The lowest BCUT2D eigenvalue weighted by atomic mass is 10.0. The van der Waals surface area contributed by atoms with Gasteiger partial charge in [-0.05, 0) is 50.2 Å². The van der Waals surface area contributed by atoms with Crippen molar-refractivity contribution >= 4 is 22.9 Å². The summed E-state index contributed by atoms with van der Waals surface area (Å²) in [5.41, 5.74) is 3.52. The fourth-order valence-electron chi connectivity index (χ4n) is 2.43. The van der Waals surface area contributed by atoms with Crippen molar-refractivity contribution in [3.63, 3.8) is 0 Å². The molecule has 0 aliphatic carbocycles. The molecule has 2 aromatic rings. The first-order chi connectivity index (χ1) is 9.54. The molecule has 0 amide bonds. The molecule has 20 heavy (non-hydrogen) atoms. The van der Waals surface area contributed by atoms with Gasteiger partial charge in [0.25, 0.3) is 0 Å². The molecule has 0 aliphatic rings. The van der Waals surface area contributed by atoms with Crippen LogP contribution in [0.4, 0.5) is 0 Å². The maximum Gasteiger partial charge on any atom is 0.130 e. The van der Waals surface area contributed by atoms with Crippen molar-refractivity contribution in [2.24, 2.45) is 7.05 Å². The van der Waals surface area contributed by atoms with Crippen LogP contribution < -0.4 is 5.32 Å². The van der Waals surface area contributed by atoms with E-state index in [1.807, 2.05) is 25.3 Å². The van der Waals surface area contributed by atoms with E-state index >= 15 is 0 Å². The van der Waals surface area contributed by atoms with E-state index in [1.165, 1.54) is 10.4 Å². The number of nitrogens with zero attached hydrogens (tertiary/aromatic N) is 2. The van der Waals surface area contributed by atoms with Crippen LogP contribution in [0, 0.1) is 13.8 Å². The van der Waals surface area contributed by atoms with Gasteiger partial charge in [0.2, 0.25) is 0 Å².